The first-order valence-electron chi connectivity index (χ1n) is 13.0. The van der Waals surface area contributed by atoms with E-state index in [1.807, 2.05) is 65.6 Å². The van der Waals surface area contributed by atoms with Crippen molar-refractivity contribution in [2.75, 3.05) is 11.5 Å². The van der Waals surface area contributed by atoms with E-state index in [0.29, 0.717) is 24.4 Å². The van der Waals surface area contributed by atoms with Crippen LogP contribution in [0.4, 0.5) is 5.82 Å². The summed E-state index contributed by atoms with van der Waals surface area (Å²) in [7, 11) is -16.8. The Labute approximate surface area is 254 Å². The van der Waals surface area contributed by atoms with Crippen molar-refractivity contribution in [3.8, 4) is 0 Å². The lowest BCUT2D eigenvalue weighted by Gasteiger charge is -2.24. The van der Waals surface area contributed by atoms with Crippen molar-refractivity contribution in [1.29, 1.82) is 0 Å². The van der Waals surface area contributed by atoms with Crippen LogP contribution < -0.4 is 4.90 Å². The molecular formula is C24H28N5O13P3. The van der Waals surface area contributed by atoms with Gasteiger partial charge in [0.2, 0.25) is 0 Å². The van der Waals surface area contributed by atoms with Crippen LogP contribution in [0.25, 0.3) is 11.2 Å². The van der Waals surface area contributed by atoms with E-state index in [4.69, 9.17) is 14.5 Å². The van der Waals surface area contributed by atoms with E-state index in [1.165, 1.54) is 17.2 Å². The van der Waals surface area contributed by atoms with Crippen molar-refractivity contribution in [2.45, 2.75) is 37.6 Å². The smallest absolute Gasteiger partial charge is 0.387 e. The Bertz CT molecular complexity index is 1720. The molecule has 0 bridgehead atoms. The standard InChI is InChI=1S/C24H28N5O13P3/c30-20-18(13-39-44(35,36)42-45(37,38)41-43(32,33)34)40-24(21(20)31)29-15-27-19-22(25-14-26-23(19)29)28(11-16-7-3-1-4-8-16)12-17-9-5-2-6-10-17/h1-10,14-15,18,20-21,24,30-31H,11-13H2,(H,35,36)(H,37,38)(H2,32,33,34)/t18-,20-,21-,24-/m1/s1. The van der Waals surface area contributed by atoms with Gasteiger partial charge in [-0.1, -0.05) is 60.7 Å². The number of anilines is 1. The molecule has 2 aromatic carbocycles. The highest BCUT2D eigenvalue weighted by Gasteiger charge is 2.47. The first-order chi connectivity index (χ1) is 21.2. The minimum Gasteiger partial charge on any atom is -0.387 e. The number of hydrogen-bond acceptors (Lipinski definition) is 13. The van der Waals surface area contributed by atoms with Crippen molar-refractivity contribution < 1.29 is 61.4 Å². The van der Waals surface area contributed by atoms with Crippen molar-refractivity contribution in [3.05, 3.63) is 84.4 Å². The number of aliphatic hydroxyl groups is 2. The second-order valence-electron chi connectivity index (χ2n) is 9.78. The molecule has 1 saturated heterocycles. The molecule has 2 aromatic heterocycles. The average molecular weight is 687 g/mol. The number of imidazole rings is 1. The molecule has 6 atom stereocenters. The largest absolute Gasteiger partial charge is 0.490 e. The zero-order valence-electron chi connectivity index (χ0n) is 23.0. The molecule has 2 unspecified atom stereocenters. The fourth-order valence-corrected chi connectivity index (χ4v) is 7.67. The van der Waals surface area contributed by atoms with Gasteiger partial charge in [-0.15, -0.1) is 0 Å². The van der Waals surface area contributed by atoms with Crippen LogP contribution in [0.5, 0.6) is 0 Å². The molecule has 21 heteroatoms. The zero-order chi connectivity index (χ0) is 32.4. The maximum Gasteiger partial charge on any atom is 0.490 e. The fourth-order valence-electron chi connectivity index (χ4n) is 4.64. The Morgan fingerprint density at radius 2 is 1.40 bits per heavy atom. The number of rotatable bonds is 13. The number of aromatic nitrogens is 4. The SMILES string of the molecule is O=P(O)(O)OP(=O)(O)OP(=O)(O)OC[C@H]1O[C@@H](n2cnc3c(N(Cc4ccccc4)Cc4ccccc4)ncnc32)[C@H](O)[C@@H]1O. The van der Waals surface area contributed by atoms with Crippen molar-refractivity contribution in [1.82, 2.24) is 19.5 Å². The first kappa shape index (κ1) is 33.4. The summed E-state index contributed by atoms with van der Waals surface area (Å²) >= 11 is 0. The summed E-state index contributed by atoms with van der Waals surface area (Å²) in [5, 5.41) is 21.4. The summed E-state index contributed by atoms with van der Waals surface area (Å²) < 4.78 is 53.4. The Hall–Kier alpha value is -2.92. The lowest BCUT2D eigenvalue weighted by Crippen LogP contribution is -2.33. The second-order valence-corrected chi connectivity index (χ2v) is 14.2. The molecule has 242 valence electrons. The fraction of sp³-hybridized carbons (Fsp3) is 0.292. The van der Waals surface area contributed by atoms with Gasteiger partial charge in [0.1, 0.15) is 24.6 Å². The van der Waals surface area contributed by atoms with Gasteiger partial charge in [0.05, 0.1) is 12.9 Å². The number of aliphatic hydroxyl groups excluding tert-OH is 2. The molecule has 5 rings (SSSR count). The van der Waals surface area contributed by atoms with Gasteiger partial charge in [0.15, 0.2) is 23.2 Å². The molecule has 45 heavy (non-hydrogen) atoms. The monoisotopic (exact) mass is 687 g/mol. The predicted molar refractivity (Wildman–Crippen MR) is 154 cm³/mol. The van der Waals surface area contributed by atoms with E-state index in [9.17, 15) is 33.7 Å². The van der Waals surface area contributed by atoms with Gasteiger partial charge >= 0.3 is 23.5 Å². The molecule has 0 amide bonds. The van der Waals surface area contributed by atoms with Gasteiger partial charge in [-0.25, -0.2) is 28.6 Å². The normalized spacial score (nSPS) is 23.1. The zero-order valence-corrected chi connectivity index (χ0v) is 25.7. The van der Waals surface area contributed by atoms with Crippen molar-refractivity contribution in [2.24, 2.45) is 0 Å². The minimum absolute atomic E-state index is 0.232. The molecule has 0 aliphatic carbocycles. The van der Waals surface area contributed by atoms with Gasteiger partial charge < -0.3 is 39.4 Å². The molecule has 4 aromatic rings. The molecule has 18 nitrogen and oxygen atoms in total. The molecule has 6 N–H and O–H groups in total. The maximum atomic E-state index is 12.1. The molecule has 0 spiro atoms. The van der Waals surface area contributed by atoms with Crippen LogP contribution in [0.3, 0.4) is 0 Å². The van der Waals surface area contributed by atoms with E-state index < -0.39 is 54.6 Å². The average Bonchev–Trinajstić information content (AvgIpc) is 3.51. The van der Waals surface area contributed by atoms with Gasteiger partial charge in [-0.2, -0.15) is 8.62 Å². The molecule has 1 fully saturated rings. The third-order valence-corrected chi connectivity index (χ3v) is 10.3. The third-order valence-electron chi connectivity index (χ3n) is 6.50. The lowest BCUT2D eigenvalue weighted by molar-refractivity contribution is -0.0503. The highest BCUT2D eigenvalue weighted by molar-refractivity contribution is 7.66. The number of nitrogens with zero attached hydrogens (tertiary/aromatic N) is 5. The molecule has 0 saturated carbocycles. The van der Waals surface area contributed by atoms with Gasteiger partial charge in [0.25, 0.3) is 0 Å². The number of hydrogen-bond donors (Lipinski definition) is 6. The number of benzene rings is 2. The third kappa shape index (κ3) is 8.47. The van der Waals surface area contributed by atoms with Crippen LogP contribution in [-0.4, -0.2) is 74.2 Å². The van der Waals surface area contributed by atoms with E-state index in [1.54, 1.807) is 0 Å². The van der Waals surface area contributed by atoms with E-state index >= 15 is 0 Å². The van der Waals surface area contributed by atoms with E-state index in [0.717, 1.165) is 11.1 Å². The Kier molecular flexibility index (Phi) is 9.99. The van der Waals surface area contributed by atoms with Gasteiger partial charge in [-0.05, 0) is 11.1 Å². The highest BCUT2D eigenvalue weighted by atomic mass is 31.3. The summed E-state index contributed by atoms with van der Waals surface area (Å²) in [5.74, 6) is 0.476. The second kappa shape index (κ2) is 13.4. The first-order valence-corrected chi connectivity index (χ1v) is 17.5. The Balaban J connectivity index is 1.36. The van der Waals surface area contributed by atoms with Crippen molar-refractivity contribution >= 4 is 40.4 Å². The molecule has 3 heterocycles. The van der Waals surface area contributed by atoms with Crippen LogP contribution in [0.1, 0.15) is 17.4 Å². The lowest BCUT2D eigenvalue weighted by atomic mass is 10.1. The van der Waals surface area contributed by atoms with E-state index in [-0.39, 0.29) is 5.65 Å². The van der Waals surface area contributed by atoms with Crippen LogP contribution in [0.15, 0.2) is 73.3 Å². The Morgan fingerprint density at radius 3 is 1.98 bits per heavy atom. The topological polar surface area (TPSA) is 256 Å². The highest BCUT2D eigenvalue weighted by Crippen LogP contribution is 2.66. The number of fused-ring (bicyclic) bond motifs is 1. The predicted octanol–water partition coefficient (Wildman–Crippen LogP) is 2.00. The van der Waals surface area contributed by atoms with Crippen LogP contribution >= 0.6 is 23.5 Å². The number of phosphoric acid groups is 3. The summed E-state index contributed by atoms with van der Waals surface area (Å²) in [5.41, 5.74) is 2.61. The molecule has 1 aliphatic heterocycles. The maximum absolute atomic E-state index is 12.1. The molecule has 1 aliphatic rings. The molecule has 0 radical (unpaired) electrons. The summed E-state index contributed by atoms with van der Waals surface area (Å²) in [4.78, 5) is 51.6. The summed E-state index contributed by atoms with van der Waals surface area (Å²) in [6.45, 7) is -0.0233. The summed E-state index contributed by atoms with van der Waals surface area (Å²) in [6.07, 6.45) is -3.50. The number of ether oxygens (including phenoxy) is 1. The molecular weight excluding hydrogens is 659 g/mol. The Morgan fingerprint density at radius 1 is 0.800 bits per heavy atom. The minimum atomic E-state index is -5.75. The van der Waals surface area contributed by atoms with Crippen LogP contribution in [0.2, 0.25) is 0 Å². The van der Waals surface area contributed by atoms with Crippen LogP contribution in [-0.2, 0) is 44.7 Å². The van der Waals surface area contributed by atoms with E-state index in [2.05, 4.69) is 28.1 Å². The van der Waals surface area contributed by atoms with Crippen LogP contribution in [0, 0.1) is 0 Å². The van der Waals surface area contributed by atoms with Gasteiger partial charge in [-0.3, -0.25) is 9.09 Å². The number of phosphoric ester groups is 1. The van der Waals surface area contributed by atoms with Gasteiger partial charge in [0, 0.05) is 13.1 Å². The summed E-state index contributed by atoms with van der Waals surface area (Å²) in [6, 6.07) is 19.4. The quantitative estimate of drug-likeness (QED) is 0.110. The van der Waals surface area contributed by atoms with Crippen molar-refractivity contribution in [3.63, 3.8) is 0 Å².